The van der Waals surface area contributed by atoms with Crippen LogP contribution in [0.2, 0.25) is 0 Å². The molecule has 0 N–H and O–H groups in total. The number of Topliss-reactive ketones (excluding diaryl/α,β-unsaturated/α-hetero) is 1. The molecule has 2 aromatic rings. The average Bonchev–Trinajstić information content (AvgIpc) is 3.06. The van der Waals surface area contributed by atoms with Crippen molar-refractivity contribution < 1.29 is 14.1 Å². The lowest BCUT2D eigenvalue weighted by molar-refractivity contribution is -0.119. The highest BCUT2D eigenvalue weighted by atomic mass is 16.5. The van der Waals surface area contributed by atoms with Gasteiger partial charge in [0.25, 0.3) is 0 Å². The van der Waals surface area contributed by atoms with Gasteiger partial charge in [-0.15, -0.1) is 0 Å². The van der Waals surface area contributed by atoms with Crippen molar-refractivity contribution in [3.8, 4) is 5.75 Å². The van der Waals surface area contributed by atoms with Crippen molar-refractivity contribution in [2.75, 3.05) is 0 Å². The summed E-state index contributed by atoms with van der Waals surface area (Å²) < 4.78 is 10.7. The molecule has 1 aromatic heterocycles. The lowest BCUT2D eigenvalue weighted by Crippen LogP contribution is -2.05. The maximum absolute atomic E-state index is 11.6. The predicted molar refractivity (Wildman–Crippen MR) is 66.7 cm³/mol. The van der Waals surface area contributed by atoms with Gasteiger partial charge in [0.15, 0.2) is 6.61 Å². The fourth-order valence-electron chi connectivity index (χ4n) is 2.21. The van der Waals surface area contributed by atoms with Crippen molar-refractivity contribution in [2.24, 2.45) is 0 Å². The number of para-hydroxylation sites is 1. The van der Waals surface area contributed by atoms with E-state index < -0.39 is 0 Å². The van der Waals surface area contributed by atoms with Crippen molar-refractivity contribution in [3.05, 3.63) is 42.0 Å². The summed E-state index contributed by atoms with van der Waals surface area (Å²) in [4.78, 5) is 15.8. The fourth-order valence-corrected chi connectivity index (χ4v) is 2.21. The van der Waals surface area contributed by atoms with E-state index in [-0.39, 0.29) is 18.3 Å². The van der Waals surface area contributed by atoms with Gasteiger partial charge in [0.05, 0.1) is 5.92 Å². The largest absolute Gasteiger partial charge is 0.485 e. The maximum atomic E-state index is 11.6. The standard InChI is InChI=1S/C14H14N2O3/c17-12-8-4-7-11(12)14-15-13(16-19-14)9-18-10-5-2-1-3-6-10/h1-3,5-6,11H,4,7-9H2. The number of benzene rings is 1. The molecule has 5 nitrogen and oxygen atoms in total. The molecule has 0 aliphatic heterocycles. The quantitative estimate of drug-likeness (QED) is 0.842. The van der Waals surface area contributed by atoms with Crippen molar-refractivity contribution in [3.63, 3.8) is 0 Å². The molecular formula is C14H14N2O3. The topological polar surface area (TPSA) is 65.2 Å². The van der Waals surface area contributed by atoms with Gasteiger partial charge >= 0.3 is 0 Å². The summed E-state index contributed by atoms with van der Waals surface area (Å²) in [6.07, 6.45) is 2.32. The molecule has 1 aliphatic rings. The first kappa shape index (κ1) is 11.9. The third-order valence-electron chi connectivity index (χ3n) is 3.20. The minimum atomic E-state index is -0.210. The van der Waals surface area contributed by atoms with Crippen molar-refractivity contribution >= 4 is 5.78 Å². The van der Waals surface area contributed by atoms with E-state index in [0.717, 1.165) is 18.6 Å². The van der Waals surface area contributed by atoms with Crippen molar-refractivity contribution in [1.82, 2.24) is 10.1 Å². The Kier molecular flexibility index (Phi) is 3.27. The number of carbonyl (C=O) groups excluding carboxylic acids is 1. The van der Waals surface area contributed by atoms with Crippen LogP contribution in [0.25, 0.3) is 0 Å². The van der Waals surface area contributed by atoms with Crippen molar-refractivity contribution in [1.29, 1.82) is 0 Å². The smallest absolute Gasteiger partial charge is 0.237 e. The van der Waals surface area contributed by atoms with E-state index in [1.54, 1.807) is 0 Å². The number of hydrogen-bond acceptors (Lipinski definition) is 5. The number of hydrogen-bond donors (Lipinski definition) is 0. The zero-order valence-corrected chi connectivity index (χ0v) is 10.4. The van der Waals surface area contributed by atoms with Gasteiger partial charge in [-0.2, -0.15) is 4.98 Å². The van der Waals surface area contributed by atoms with E-state index in [1.165, 1.54) is 0 Å². The fraction of sp³-hybridized carbons (Fsp3) is 0.357. The second kappa shape index (κ2) is 5.22. The van der Waals surface area contributed by atoms with Gasteiger partial charge in [-0.1, -0.05) is 23.4 Å². The van der Waals surface area contributed by atoms with Gasteiger partial charge in [0, 0.05) is 6.42 Å². The van der Waals surface area contributed by atoms with E-state index in [4.69, 9.17) is 9.26 Å². The molecule has 0 saturated heterocycles. The summed E-state index contributed by atoms with van der Waals surface area (Å²) in [6.45, 7) is 0.244. The van der Waals surface area contributed by atoms with Crippen molar-refractivity contribution in [2.45, 2.75) is 31.8 Å². The lowest BCUT2D eigenvalue weighted by atomic mass is 10.1. The highest BCUT2D eigenvalue weighted by molar-refractivity contribution is 5.86. The van der Waals surface area contributed by atoms with E-state index in [9.17, 15) is 4.79 Å². The number of aromatic nitrogens is 2. The molecule has 1 aliphatic carbocycles. The zero-order valence-electron chi connectivity index (χ0n) is 10.4. The maximum Gasteiger partial charge on any atom is 0.237 e. The summed E-state index contributed by atoms with van der Waals surface area (Å²) in [6, 6.07) is 9.44. The van der Waals surface area contributed by atoms with Gasteiger partial charge in [0.2, 0.25) is 11.7 Å². The van der Waals surface area contributed by atoms with Crippen LogP contribution in [0.5, 0.6) is 5.75 Å². The van der Waals surface area contributed by atoms with Gasteiger partial charge in [-0.05, 0) is 25.0 Å². The van der Waals surface area contributed by atoms with Crippen LogP contribution in [0.3, 0.4) is 0 Å². The number of carbonyl (C=O) groups is 1. The van der Waals surface area contributed by atoms with Gasteiger partial charge < -0.3 is 9.26 Å². The molecule has 1 atom stereocenters. The molecule has 0 radical (unpaired) electrons. The van der Waals surface area contributed by atoms with Crippen LogP contribution in [-0.2, 0) is 11.4 Å². The van der Waals surface area contributed by atoms with E-state index in [2.05, 4.69) is 10.1 Å². The SMILES string of the molecule is O=C1CCCC1c1nc(COc2ccccc2)no1. The lowest BCUT2D eigenvalue weighted by Gasteiger charge is -2.01. The first-order valence-electron chi connectivity index (χ1n) is 6.36. The molecule has 1 saturated carbocycles. The molecule has 1 aromatic carbocycles. The second-order valence-corrected chi connectivity index (χ2v) is 4.56. The molecule has 3 rings (SSSR count). The average molecular weight is 258 g/mol. The van der Waals surface area contributed by atoms with Gasteiger partial charge in [-0.25, -0.2) is 0 Å². The van der Waals surface area contributed by atoms with Crippen LogP contribution >= 0.6 is 0 Å². The molecule has 0 bridgehead atoms. The summed E-state index contributed by atoms with van der Waals surface area (Å²) >= 11 is 0. The Morgan fingerprint density at radius 2 is 2.16 bits per heavy atom. The third-order valence-corrected chi connectivity index (χ3v) is 3.20. The van der Waals surface area contributed by atoms with Crippen LogP contribution in [-0.4, -0.2) is 15.9 Å². The summed E-state index contributed by atoms with van der Waals surface area (Å²) in [5.41, 5.74) is 0. The normalized spacial score (nSPS) is 18.7. The Labute approximate surface area is 110 Å². The summed E-state index contributed by atoms with van der Waals surface area (Å²) in [7, 11) is 0. The zero-order chi connectivity index (χ0) is 13.1. The first-order chi connectivity index (χ1) is 9.33. The Bertz CT molecular complexity index is 565. The third kappa shape index (κ3) is 2.65. The van der Waals surface area contributed by atoms with Gasteiger partial charge in [-0.3, -0.25) is 4.79 Å². The number of ketones is 1. The molecule has 1 heterocycles. The van der Waals surface area contributed by atoms with Crippen LogP contribution < -0.4 is 4.74 Å². The highest BCUT2D eigenvalue weighted by Gasteiger charge is 2.30. The van der Waals surface area contributed by atoms with E-state index in [1.807, 2.05) is 30.3 Å². The monoisotopic (exact) mass is 258 g/mol. The van der Waals surface area contributed by atoms with Crippen LogP contribution in [0.15, 0.2) is 34.9 Å². The number of rotatable bonds is 4. The summed E-state index contributed by atoms with van der Waals surface area (Å²) in [5.74, 6) is 1.63. The van der Waals surface area contributed by atoms with E-state index in [0.29, 0.717) is 18.1 Å². The molecule has 98 valence electrons. The van der Waals surface area contributed by atoms with E-state index >= 15 is 0 Å². The number of ether oxygens (including phenoxy) is 1. The number of nitrogens with zero attached hydrogens (tertiary/aromatic N) is 2. The molecular weight excluding hydrogens is 244 g/mol. The van der Waals surface area contributed by atoms with Crippen LogP contribution in [0, 0.1) is 0 Å². The van der Waals surface area contributed by atoms with Gasteiger partial charge in [0.1, 0.15) is 11.5 Å². The first-order valence-corrected chi connectivity index (χ1v) is 6.36. The Morgan fingerprint density at radius 1 is 1.32 bits per heavy atom. The Morgan fingerprint density at radius 3 is 2.89 bits per heavy atom. The van der Waals surface area contributed by atoms with Crippen LogP contribution in [0.1, 0.15) is 36.9 Å². The predicted octanol–water partition coefficient (Wildman–Crippen LogP) is 2.49. The summed E-state index contributed by atoms with van der Waals surface area (Å²) in [5, 5.41) is 3.85. The molecule has 19 heavy (non-hydrogen) atoms. The molecule has 1 unspecified atom stereocenters. The Hall–Kier alpha value is -2.17. The molecule has 0 spiro atoms. The highest BCUT2D eigenvalue weighted by Crippen LogP contribution is 2.29. The molecule has 5 heteroatoms. The molecule has 1 fully saturated rings. The molecule has 0 amide bonds. The second-order valence-electron chi connectivity index (χ2n) is 4.56. The minimum Gasteiger partial charge on any atom is -0.485 e. The van der Waals surface area contributed by atoms with Crippen LogP contribution in [0.4, 0.5) is 0 Å². The Balaban J connectivity index is 1.64. The minimum absolute atomic E-state index is 0.194.